The number of para-hydroxylation sites is 1. The summed E-state index contributed by atoms with van der Waals surface area (Å²) in [5, 5.41) is 9.45. The van der Waals surface area contributed by atoms with Gasteiger partial charge in [-0.1, -0.05) is 31.5 Å². The first-order chi connectivity index (χ1) is 10.5. The zero-order chi connectivity index (χ0) is 15.7. The minimum absolute atomic E-state index is 0.0383. The van der Waals surface area contributed by atoms with Crippen LogP contribution in [0.1, 0.15) is 56.9 Å². The lowest BCUT2D eigenvalue weighted by Gasteiger charge is -2.38. The van der Waals surface area contributed by atoms with Gasteiger partial charge in [0.25, 0.3) is 0 Å². The third kappa shape index (κ3) is 2.51. The lowest BCUT2D eigenvalue weighted by Crippen LogP contribution is -2.44. The number of hydrogen-bond donors (Lipinski definition) is 1. The molecule has 0 saturated heterocycles. The number of rotatable bonds is 3. The molecule has 22 heavy (non-hydrogen) atoms. The van der Waals surface area contributed by atoms with Crippen LogP contribution in [0.25, 0.3) is 0 Å². The van der Waals surface area contributed by atoms with E-state index < -0.39 is 11.4 Å². The van der Waals surface area contributed by atoms with Crippen molar-refractivity contribution in [3.8, 4) is 0 Å². The summed E-state index contributed by atoms with van der Waals surface area (Å²) in [6.07, 6.45) is 4.31. The van der Waals surface area contributed by atoms with Crippen molar-refractivity contribution in [2.45, 2.75) is 51.4 Å². The molecule has 0 bridgehead atoms. The number of amides is 1. The number of carbonyl (C=O) groups excluding carboxylic acids is 1. The Balaban J connectivity index is 1.86. The van der Waals surface area contributed by atoms with Gasteiger partial charge in [-0.3, -0.25) is 9.59 Å². The maximum Gasteiger partial charge on any atom is 0.310 e. The average molecular weight is 301 g/mol. The molecule has 1 heterocycles. The van der Waals surface area contributed by atoms with Crippen LogP contribution in [-0.4, -0.2) is 23.5 Å². The van der Waals surface area contributed by atoms with Crippen molar-refractivity contribution in [1.82, 2.24) is 0 Å². The molecule has 1 amide bonds. The van der Waals surface area contributed by atoms with Gasteiger partial charge in [-0.25, -0.2) is 0 Å². The van der Waals surface area contributed by atoms with Crippen LogP contribution in [0.2, 0.25) is 0 Å². The molecule has 1 aromatic rings. The first-order valence-electron chi connectivity index (χ1n) is 8.16. The molecule has 0 aromatic heterocycles. The van der Waals surface area contributed by atoms with Gasteiger partial charge < -0.3 is 10.0 Å². The fourth-order valence-corrected chi connectivity index (χ4v) is 3.70. The standard InChI is InChI=1S/C18H23NO3/c1-13-6-4-11-19(15-8-3-2-7-14(13)15)16(20)12-18(17(21)22)9-5-10-18/h2-3,7-8,13H,4-6,9-12H2,1H3,(H,21,22). The SMILES string of the molecule is CC1CCCN(C(=O)CC2(C(=O)O)CCC2)c2ccccc21. The zero-order valence-corrected chi connectivity index (χ0v) is 13.0. The fraction of sp³-hybridized carbons (Fsp3) is 0.556. The number of anilines is 1. The summed E-state index contributed by atoms with van der Waals surface area (Å²) in [5.74, 6) is -0.418. The first kappa shape index (κ1) is 15.1. The van der Waals surface area contributed by atoms with E-state index in [-0.39, 0.29) is 12.3 Å². The van der Waals surface area contributed by atoms with Crippen LogP contribution in [0.5, 0.6) is 0 Å². The smallest absolute Gasteiger partial charge is 0.310 e. The molecular formula is C18H23NO3. The van der Waals surface area contributed by atoms with Crippen LogP contribution in [0, 0.1) is 5.41 Å². The van der Waals surface area contributed by atoms with Crippen LogP contribution in [-0.2, 0) is 9.59 Å². The normalized spacial score (nSPS) is 23.1. The highest BCUT2D eigenvalue weighted by Gasteiger charge is 2.46. The third-order valence-corrected chi connectivity index (χ3v) is 5.33. The summed E-state index contributed by atoms with van der Waals surface area (Å²) in [4.78, 5) is 26.1. The monoisotopic (exact) mass is 301 g/mol. The molecule has 1 atom stereocenters. The molecule has 118 valence electrons. The number of benzene rings is 1. The Morgan fingerprint density at radius 1 is 1.27 bits per heavy atom. The molecular weight excluding hydrogens is 278 g/mol. The van der Waals surface area contributed by atoms with Crippen LogP contribution in [0.3, 0.4) is 0 Å². The topological polar surface area (TPSA) is 57.6 Å². The van der Waals surface area contributed by atoms with E-state index in [1.165, 1.54) is 5.56 Å². The second-order valence-electron chi connectivity index (χ2n) is 6.76. The lowest BCUT2D eigenvalue weighted by atomic mass is 9.66. The molecule has 0 radical (unpaired) electrons. The summed E-state index contributed by atoms with van der Waals surface area (Å²) in [6, 6.07) is 8.03. The van der Waals surface area contributed by atoms with Gasteiger partial charge in [0.1, 0.15) is 0 Å². The average Bonchev–Trinajstić information content (AvgIpc) is 2.62. The Labute approximate surface area is 131 Å². The van der Waals surface area contributed by atoms with E-state index in [0.717, 1.165) is 24.9 Å². The van der Waals surface area contributed by atoms with Crippen LogP contribution in [0.4, 0.5) is 5.69 Å². The zero-order valence-electron chi connectivity index (χ0n) is 13.0. The third-order valence-electron chi connectivity index (χ3n) is 5.33. The van der Waals surface area contributed by atoms with Crippen molar-refractivity contribution in [2.75, 3.05) is 11.4 Å². The summed E-state index contributed by atoms with van der Waals surface area (Å²) in [6.45, 7) is 2.88. The summed E-state index contributed by atoms with van der Waals surface area (Å²) >= 11 is 0. The molecule has 1 aliphatic carbocycles. The molecule has 4 nitrogen and oxygen atoms in total. The molecule has 0 spiro atoms. The van der Waals surface area contributed by atoms with E-state index in [1.807, 2.05) is 23.1 Å². The van der Waals surface area contributed by atoms with E-state index in [4.69, 9.17) is 0 Å². The minimum atomic E-state index is -0.816. The Kier molecular flexibility index (Phi) is 3.94. The van der Waals surface area contributed by atoms with Crippen molar-refractivity contribution < 1.29 is 14.7 Å². The molecule has 1 aromatic carbocycles. The van der Waals surface area contributed by atoms with Gasteiger partial charge in [0.2, 0.25) is 5.91 Å². The van der Waals surface area contributed by atoms with E-state index >= 15 is 0 Å². The van der Waals surface area contributed by atoms with Gasteiger partial charge in [0.05, 0.1) is 5.41 Å². The Morgan fingerprint density at radius 2 is 2.00 bits per heavy atom. The highest BCUT2D eigenvalue weighted by atomic mass is 16.4. The van der Waals surface area contributed by atoms with E-state index in [9.17, 15) is 14.7 Å². The fourth-order valence-electron chi connectivity index (χ4n) is 3.70. The maximum absolute atomic E-state index is 12.8. The maximum atomic E-state index is 12.8. The lowest BCUT2D eigenvalue weighted by molar-refractivity contribution is -0.157. The van der Waals surface area contributed by atoms with Crippen LogP contribution >= 0.6 is 0 Å². The first-order valence-corrected chi connectivity index (χ1v) is 8.16. The predicted octanol–water partition coefficient (Wildman–Crippen LogP) is 3.56. The molecule has 3 rings (SSSR count). The Morgan fingerprint density at radius 3 is 2.64 bits per heavy atom. The number of carboxylic acids is 1. The van der Waals surface area contributed by atoms with Crippen molar-refractivity contribution in [3.05, 3.63) is 29.8 Å². The highest BCUT2D eigenvalue weighted by Crippen LogP contribution is 2.45. The summed E-state index contributed by atoms with van der Waals surface area (Å²) < 4.78 is 0. The Bertz CT molecular complexity index is 592. The van der Waals surface area contributed by atoms with E-state index in [0.29, 0.717) is 25.3 Å². The van der Waals surface area contributed by atoms with Crippen LogP contribution < -0.4 is 4.90 Å². The van der Waals surface area contributed by atoms with E-state index in [2.05, 4.69) is 13.0 Å². The van der Waals surface area contributed by atoms with Gasteiger partial charge in [-0.15, -0.1) is 0 Å². The number of fused-ring (bicyclic) bond motifs is 1. The van der Waals surface area contributed by atoms with Gasteiger partial charge in [0.15, 0.2) is 0 Å². The predicted molar refractivity (Wildman–Crippen MR) is 85.0 cm³/mol. The number of aliphatic carboxylic acids is 1. The second kappa shape index (κ2) is 5.75. The molecule has 1 saturated carbocycles. The number of hydrogen-bond acceptors (Lipinski definition) is 2. The molecule has 2 aliphatic rings. The van der Waals surface area contributed by atoms with Crippen LogP contribution in [0.15, 0.2) is 24.3 Å². The summed E-state index contributed by atoms with van der Waals surface area (Å²) in [5.41, 5.74) is 1.35. The number of carbonyl (C=O) groups is 2. The molecule has 1 unspecified atom stereocenters. The van der Waals surface area contributed by atoms with Crippen molar-refractivity contribution in [1.29, 1.82) is 0 Å². The number of carboxylic acid groups (broad SMARTS) is 1. The number of nitrogens with zero attached hydrogens (tertiary/aromatic N) is 1. The molecule has 1 fully saturated rings. The van der Waals surface area contributed by atoms with Gasteiger partial charge in [0, 0.05) is 18.7 Å². The van der Waals surface area contributed by atoms with Gasteiger partial charge in [-0.05, 0) is 43.2 Å². The molecule has 1 aliphatic heterocycles. The van der Waals surface area contributed by atoms with Crippen molar-refractivity contribution >= 4 is 17.6 Å². The van der Waals surface area contributed by atoms with Gasteiger partial charge in [-0.2, -0.15) is 0 Å². The molecule has 1 N–H and O–H groups in total. The van der Waals surface area contributed by atoms with Crippen molar-refractivity contribution in [2.24, 2.45) is 5.41 Å². The second-order valence-corrected chi connectivity index (χ2v) is 6.76. The highest BCUT2D eigenvalue weighted by molar-refractivity contribution is 5.97. The molecule has 4 heteroatoms. The summed E-state index contributed by atoms with van der Waals surface area (Å²) in [7, 11) is 0. The minimum Gasteiger partial charge on any atom is -0.481 e. The van der Waals surface area contributed by atoms with Gasteiger partial charge >= 0.3 is 5.97 Å². The van der Waals surface area contributed by atoms with Crippen molar-refractivity contribution in [3.63, 3.8) is 0 Å². The van der Waals surface area contributed by atoms with E-state index in [1.54, 1.807) is 0 Å². The Hall–Kier alpha value is -1.84. The quantitative estimate of drug-likeness (QED) is 0.928. The largest absolute Gasteiger partial charge is 0.481 e.